The summed E-state index contributed by atoms with van der Waals surface area (Å²) in [5.41, 5.74) is 3.56. The molecule has 2 N–H and O–H groups in total. The minimum atomic E-state index is -3.70. The van der Waals surface area contributed by atoms with Crippen LogP contribution >= 0.6 is 0 Å². The SMILES string of the molecule is Cc1ccc(S(=O)(=O)Nc2ccc(C(=O)Nc3ncccc3C)cc2)cc1C. The van der Waals surface area contributed by atoms with E-state index in [1.807, 2.05) is 26.8 Å². The Bertz CT molecular complexity index is 1120. The molecule has 2 aromatic carbocycles. The van der Waals surface area contributed by atoms with Crippen LogP contribution in [0.2, 0.25) is 0 Å². The molecular weight excluding hydrogens is 374 g/mol. The van der Waals surface area contributed by atoms with Gasteiger partial charge in [0.25, 0.3) is 15.9 Å². The first-order valence-corrected chi connectivity index (χ1v) is 10.2. The second-order valence-electron chi connectivity index (χ2n) is 6.55. The number of nitrogens with zero attached hydrogens (tertiary/aromatic N) is 1. The topological polar surface area (TPSA) is 88.2 Å². The van der Waals surface area contributed by atoms with E-state index in [-0.39, 0.29) is 10.8 Å². The van der Waals surface area contributed by atoms with Gasteiger partial charge in [0, 0.05) is 17.4 Å². The van der Waals surface area contributed by atoms with Crippen LogP contribution in [0.5, 0.6) is 0 Å². The minimum absolute atomic E-state index is 0.197. The molecule has 0 atom stereocenters. The Kier molecular flexibility index (Phi) is 5.46. The van der Waals surface area contributed by atoms with Crippen LogP contribution in [0.3, 0.4) is 0 Å². The smallest absolute Gasteiger partial charge is 0.261 e. The lowest BCUT2D eigenvalue weighted by molar-refractivity contribution is 0.102. The van der Waals surface area contributed by atoms with Gasteiger partial charge in [-0.15, -0.1) is 0 Å². The van der Waals surface area contributed by atoms with E-state index in [0.29, 0.717) is 17.1 Å². The number of sulfonamides is 1. The van der Waals surface area contributed by atoms with E-state index in [9.17, 15) is 13.2 Å². The molecule has 0 bridgehead atoms. The number of carbonyl (C=O) groups is 1. The van der Waals surface area contributed by atoms with E-state index in [2.05, 4.69) is 15.0 Å². The van der Waals surface area contributed by atoms with Gasteiger partial charge in [0.1, 0.15) is 5.82 Å². The molecule has 28 heavy (non-hydrogen) atoms. The summed E-state index contributed by atoms with van der Waals surface area (Å²) in [7, 11) is -3.70. The first-order valence-electron chi connectivity index (χ1n) is 8.69. The molecule has 0 aliphatic heterocycles. The number of rotatable bonds is 5. The normalized spacial score (nSPS) is 11.1. The summed E-state index contributed by atoms with van der Waals surface area (Å²) in [5.74, 6) is 0.178. The lowest BCUT2D eigenvalue weighted by Gasteiger charge is -2.11. The van der Waals surface area contributed by atoms with Crippen molar-refractivity contribution < 1.29 is 13.2 Å². The Morgan fingerprint density at radius 3 is 2.25 bits per heavy atom. The molecule has 7 heteroatoms. The third-order valence-corrected chi connectivity index (χ3v) is 5.81. The maximum absolute atomic E-state index is 12.6. The predicted molar refractivity (Wildman–Crippen MR) is 110 cm³/mol. The number of hydrogen-bond acceptors (Lipinski definition) is 4. The van der Waals surface area contributed by atoms with E-state index < -0.39 is 10.0 Å². The summed E-state index contributed by atoms with van der Waals surface area (Å²) < 4.78 is 27.7. The maximum atomic E-state index is 12.6. The number of carbonyl (C=O) groups excluding carboxylic acids is 1. The van der Waals surface area contributed by atoms with Crippen molar-refractivity contribution in [1.29, 1.82) is 0 Å². The van der Waals surface area contributed by atoms with Gasteiger partial charge in [-0.1, -0.05) is 12.1 Å². The molecule has 0 aliphatic rings. The summed E-state index contributed by atoms with van der Waals surface area (Å²) in [6.45, 7) is 5.65. The van der Waals surface area contributed by atoms with Gasteiger partial charge in [-0.05, 0) is 79.9 Å². The van der Waals surface area contributed by atoms with E-state index in [1.165, 1.54) is 0 Å². The molecule has 0 aliphatic carbocycles. The largest absolute Gasteiger partial charge is 0.306 e. The molecule has 0 fully saturated rings. The van der Waals surface area contributed by atoms with Crippen LogP contribution < -0.4 is 10.0 Å². The lowest BCUT2D eigenvalue weighted by Crippen LogP contribution is -2.15. The van der Waals surface area contributed by atoms with Gasteiger partial charge in [0.2, 0.25) is 0 Å². The van der Waals surface area contributed by atoms with Gasteiger partial charge >= 0.3 is 0 Å². The average Bonchev–Trinajstić information content (AvgIpc) is 2.66. The van der Waals surface area contributed by atoms with Crippen molar-refractivity contribution in [3.05, 3.63) is 83.0 Å². The van der Waals surface area contributed by atoms with Crippen LogP contribution in [0.25, 0.3) is 0 Å². The average molecular weight is 395 g/mol. The van der Waals surface area contributed by atoms with Gasteiger partial charge in [0.05, 0.1) is 4.90 Å². The molecule has 0 spiro atoms. The number of anilines is 2. The Labute approximate surface area is 164 Å². The maximum Gasteiger partial charge on any atom is 0.261 e. The Morgan fingerprint density at radius 1 is 0.893 bits per heavy atom. The van der Waals surface area contributed by atoms with Crippen LogP contribution in [0.4, 0.5) is 11.5 Å². The van der Waals surface area contributed by atoms with Crippen molar-refractivity contribution >= 4 is 27.4 Å². The molecular formula is C21H21N3O3S. The molecule has 0 radical (unpaired) electrons. The summed E-state index contributed by atoms with van der Waals surface area (Å²) >= 11 is 0. The zero-order valence-corrected chi connectivity index (χ0v) is 16.7. The van der Waals surface area contributed by atoms with Crippen LogP contribution in [-0.2, 0) is 10.0 Å². The summed E-state index contributed by atoms with van der Waals surface area (Å²) in [4.78, 5) is 16.7. The van der Waals surface area contributed by atoms with Crippen molar-refractivity contribution in [2.75, 3.05) is 10.0 Å². The standard InChI is InChI=1S/C21H21N3O3S/c1-14-6-11-19(13-16(14)3)28(26,27)24-18-9-7-17(8-10-18)21(25)23-20-15(2)5-4-12-22-20/h4-13,24H,1-3H3,(H,22,23,25). The summed E-state index contributed by atoms with van der Waals surface area (Å²) in [6, 6.07) is 14.9. The molecule has 0 unspecified atom stereocenters. The van der Waals surface area contributed by atoms with Crippen molar-refractivity contribution in [2.45, 2.75) is 25.7 Å². The summed E-state index contributed by atoms with van der Waals surface area (Å²) in [6.07, 6.45) is 1.60. The number of nitrogens with one attached hydrogen (secondary N) is 2. The van der Waals surface area contributed by atoms with Gasteiger partial charge in [-0.25, -0.2) is 13.4 Å². The lowest BCUT2D eigenvalue weighted by atomic mass is 10.1. The Balaban J connectivity index is 1.74. The fourth-order valence-electron chi connectivity index (χ4n) is 2.58. The monoisotopic (exact) mass is 395 g/mol. The number of hydrogen-bond donors (Lipinski definition) is 2. The molecule has 1 amide bonds. The quantitative estimate of drug-likeness (QED) is 0.682. The number of aromatic nitrogens is 1. The zero-order chi connectivity index (χ0) is 20.3. The number of aryl methyl sites for hydroxylation is 3. The minimum Gasteiger partial charge on any atom is -0.306 e. The first-order chi connectivity index (χ1) is 13.3. The molecule has 6 nitrogen and oxygen atoms in total. The van der Waals surface area contributed by atoms with Crippen LogP contribution in [-0.4, -0.2) is 19.3 Å². The third kappa shape index (κ3) is 4.37. The van der Waals surface area contributed by atoms with Crippen molar-refractivity contribution in [3.63, 3.8) is 0 Å². The van der Waals surface area contributed by atoms with E-state index >= 15 is 0 Å². The van der Waals surface area contributed by atoms with Crippen molar-refractivity contribution in [1.82, 2.24) is 4.98 Å². The second-order valence-corrected chi connectivity index (χ2v) is 8.23. The molecule has 0 saturated heterocycles. The number of pyridine rings is 1. The molecule has 3 aromatic rings. The first kappa shape index (κ1) is 19.6. The molecule has 1 aromatic heterocycles. The van der Waals surface area contributed by atoms with E-state index in [0.717, 1.165) is 16.7 Å². The van der Waals surface area contributed by atoms with Gasteiger partial charge < -0.3 is 5.32 Å². The highest BCUT2D eigenvalue weighted by Crippen LogP contribution is 2.20. The molecule has 1 heterocycles. The molecule has 144 valence electrons. The van der Waals surface area contributed by atoms with Crippen molar-refractivity contribution in [3.8, 4) is 0 Å². The fraction of sp³-hybridized carbons (Fsp3) is 0.143. The van der Waals surface area contributed by atoms with Crippen LogP contribution in [0.15, 0.2) is 65.7 Å². The highest BCUT2D eigenvalue weighted by atomic mass is 32.2. The Morgan fingerprint density at radius 2 is 1.61 bits per heavy atom. The van der Waals surface area contributed by atoms with Crippen LogP contribution in [0.1, 0.15) is 27.0 Å². The van der Waals surface area contributed by atoms with Crippen LogP contribution in [0, 0.1) is 20.8 Å². The van der Waals surface area contributed by atoms with E-state index in [4.69, 9.17) is 0 Å². The fourth-order valence-corrected chi connectivity index (χ4v) is 3.72. The van der Waals surface area contributed by atoms with Gasteiger partial charge in [0.15, 0.2) is 0 Å². The van der Waals surface area contributed by atoms with Gasteiger partial charge in [-0.3, -0.25) is 9.52 Å². The zero-order valence-electron chi connectivity index (χ0n) is 15.9. The highest BCUT2D eigenvalue weighted by molar-refractivity contribution is 7.92. The predicted octanol–water partition coefficient (Wildman–Crippen LogP) is 4.06. The number of benzene rings is 2. The highest BCUT2D eigenvalue weighted by Gasteiger charge is 2.15. The molecule has 0 saturated carbocycles. The summed E-state index contributed by atoms with van der Waals surface area (Å²) in [5, 5.41) is 2.74. The van der Waals surface area contributed by atoms with E-state index in [1.54, 1.807) is 54.7 Å². The third-order valence-electron chi connectivity index (χ3n) is 4.43. The Hall–Kier alpha value is -3.19. The second kappa shape index (κ2) is 7.82. The molecule has 3 rings (SSSR count). The number of amides is 1. The van der Waals surface area contributed by atoms with Gasteiger partial charge in [-0.2, -0.15) is 0 Å². The van der Waals surface area contributed by atoms with Crippen molar-refractivity contribution in [2.24, 2.45) is 0 Å².